The lowest BCUT2D eigenvalue weighted by atomic mass is 9.94. The van der Waals surface area contributed by atoms with Crippen LogP contribution in [-0.4, -0.2) is 55.8 Å². The summed E-state index contributed by atoms with van der Waals surface area (Å²) in [6.07, 6.45) is 0. The molecule has 6 aromatic rings. The maximum Gasteiger partial charge on any atom is 0.296 e. The fraction of sp³-hybridized carbons (Fsp3) is 0. The van der Waals surface area contributed by atoms with Crippen LogP contribution in [-0.2, 0) is 30.4 Å². The number of imide groups is 1. The number of nitrogens with one attached hydrogen (secondary N) is 1. The Morgan fingerprint density at radius 1 is 0.566 bits per heavy atom. The lowest BCUT2D eigenvalue weighted by Crippen LogP contribution is -2.34. The van der Waals surface area contributed by atoms with Crippen molar-refractivity contribution in [2.75, 3.05) is 5.73 Å². The van der Waals surface area contributed by atoms with Gasteiger partial charge in [0.25, 0.3) is 42.2 Å². The molecule has 7 N–H and O–H groups in total. The Morgan fingerprint density at radius 2 is 1.13 bits per heavy atom. The van der Waals surface area contributed by atoms with Crippen LogP contribution in [0.3, 0.4) is 0 Å². The van der Waals surface area contributed by atoms with Crippen molar-refractivity contribution in [2.24, 2.45) is 20.5 Å². The average molecular weight is 777 g/mol. The van der Waals surface area contributed by atoms with E-state index in [2.05, 4.69) is 25.8 Å². The number of hydrogen-bond donors (Lipinski definition) is 6. The second-order valence-electron chi connectivity index (χ2n) is 11.5. The smallest absolute Gasteiger partial charge is 0.296 e. The van der Waals surface area contributed by atoms with E-state index in [1.165, 1.54) is 30.3 Å². The number of nitrogen functional groups attached to an aromatic ring is 1. The van der Waals surface area contributed by atoms with Crippen molar-refractivity contribution in [1.82, 2.24) is 5.32 Å². The molecule has 21 heteroatoms. The van der Waals surface area contributed by atoms with E-state index < -0.39 is 74.0 Å². The molecule has 1 aliphatic rings. The van der Waals surface area contributed by atoms with E-state index in [1.807, 2.05) is 0 Å². The number of carbonyl (C=O) groups excluding carboxylic acids is 2. The molecule has 6 aromatic carbocycles. The van der Waals surface area contributed by atoms with Gasteiger partial charge in [-0.1, -0.05) is 18.2 Å². The highest BCUT2D eigenvalue weighted by Gasteiger charge is 2.27. The molecule has 7 rings (SSSR count). The number of benzene rings is 6. The van der Waals surface area contributed by atoms with E-state index in [0.717, 1.165) is 30.3 Å². The second kappa shape index (κ2) is 12.2. The van der Waals surface area contributed by atoms with Crippen LogP contribution in [0.5, 0.6) is 5.75 Å². The van der Waals surface area contributed by atoms with Gasteiger partial charge in [-0.25, -0.2) is 0 Å². The summed E-state index contributed by atoms with van der Waals surface area (Å²) in [5.74, 6) is -2.08. The number of anilines is 1. The minimum absolute atomic E-state index is 0.0183. The van der Waals surface area contributed by atoms with Crippen molar-refractivity contribution in [3.05, 3.63) is 90.0 Å². The lowest BCUT2D eigenvalue weighted by Gasteiger charge is -2.17. The molecule has 0 spiro atoms. The standard InChI is InChI=1S/C32H20N6O12S3/c33-22-13-20-14(10-26(22)52(45,46)47)11-27(53(48,49)50)29(30(20)39)38-37-25-9-8-23(16-5-4-15(12-21(16)25)51(42,43)44)35-36-24-7-6-19-28-17(24)2-1-3-18(28)31(40)34-32(19)41/h1-13,39H,33H2,(H,34,40,41)(H,42,43,44)(H,45,46,47)(H,48,49,50). The van der Waals surface area contributed by atoms with Gasteiger partial charge in [-0.15, -0.1) is 20.5 Å². The number of phenols is 1. The summed E-state index contributed by atoms with van der Waals surface area (Å²) in [5.41, 5.74) is 5.17. The van der Waals surface area contributed by atoms with Crippen LogP contribution in [0.4, 0.5) is 28.4 Å². The minimum Gasteiger partial charge on any atom is -0.505 e. The minimum atomic E-state index is -5.18. The van der Waals surface area contributed by atoms with Gasteiger partial charge in [0.05, 0.1) is 27.6 Å². The zero-order chi connectivity index (χ0) is 38.2. The number of fused-ring (bicyclic) bond motifs is 2. The highest BCUT2D eigenvalue weighted by Crippen LogP contribution is 2.44. The first kappa shape index (κ1) is 35.2. The highest BCUT2D eigenvalue weighted by atomic mass is 32.2. The molecular formula is C32H20N6O12S3. The molecule has 53 heavy (non-hydrogen) atoms. The monoisotopic (exact) mass is 776 g/mol. The summed E-state index contributed by atoms with van der Waals surface area (Å²) < 4.78 is 102. The molecular weight excluding hydrogens is 757 g/mol. The van der Waals surface area contributed by atoms with Crippen LogP contribution >= 0.6 is 0 Å². The summed E-state index contributed by atoms with van der Waals surface area (Å²) in [5, 5.41) is 30.3. The van der Waals surface area contributed by atoms with Crippen LogP contribution in [0.2, 0.25) is 0 Å². The summed E-state index contributed by atoms with van der Waals surface area (Å²) in [4.78, 5) is 22.5. The molecule has 0 bridgehead atoms. The molecule has 0 aliphatic carbocycles. The first-order valence-corrected chi connectivity index (χ1v) is 19.0. The molecule has 1 aliphatic heterocycles. The summed E-state index contributed by atoms with van der Waals surface area (Å²) >= 11 is 0. The van der Waals surface area contributed by atoms with Crippen molar-refractivity contribution in [3.63, 3.8) is 0 Å². The van der Waals surface area contributed by atoms with Gasteiger partial charge in [-0.05, 0) is 66.0 Å². The maximum absolute atomic E-state index is 12.4. The molecule has 268 valence electrons. The molecule has 0 unspecified atom stereocenters. The van der Waals surface area contributed by atoms with Crippen molar-refractivity contribution in [1.29, 1.82) is 0 Å². The quantitative estimate of drug-likeness (QED) is 0.0477. The zero-order valence-electron chi connectivity index (χ0n) is 26.2. The van der Waals surface area contributed by atoms with Gasteiger partial charge in [0.1, 0.15) is 15.5 Å². The number of phenolic OH excluding ortho intramolecular Hbond substituents is 1. The summed E-state index contributed by atoms with van der Waals surface area (Å²) in [6, 6.07) is 16.3. The Morgan fingerprint density at radius 3 is 1.77 bits per heavy atom. The fourth-order valence-electron chi connectivity index (χ4n) is 5.84. The van der Waals surface area contributed by atoms with Crippen LogP contribution in [0.15, 0.2) is 114 Å². The van der Waals surface area contributed by atoms with Gasteiger partial charge in [-0.3, -0.25) is 28.6 Å². The number of nitrogens with two attached hydrogens (primary N) is 1. The van der Waals surface area contributed by atoms with Gasteiger partial charge in [0, 0.05) is 38.1 Å². The van der Waals surface area contributed by atoms with E-state index >= 15 is 0 Å². The third-order valence-corrected chi connectivity index (χ3v) is 10.9. The van der Waals surface area contributed by atoms with Gasteiger partial charge in [0.15, 0.2) is 5.75 Å². The summed E-state index contributed by atoms with van der Waals surface area (Å²) in [6.45, 7) is 0. The van der Waals surface area contributed by atoms with E-state index in [-0.39, 0.29) is 49.7 Å². The maximum atomic E-state index is 12.4. The Hall–Kier alpha value is -6.23. The van der Waals surface area contributed by atoms with Gasteiger partial charge in [0.2, 0.25) is 0 Å². The number of azo groups is 2. The normalized spacial score (nSPS) is 13.9. The van der Waals surface area contributed by atoms with Gasteiger partial charge < -0.3 is 10.8 Å². The molecule has 0 radical (unpaired) electrons. The predicted molar refractivity (Wildman–Crippen MR) is 188 cm³/mol. The lowest BCUT2D eigenvalue weighted by molar-refractivity contribution is 0.0844. The molecule has 2 amide bonds. The zero-order valence-corrected chi connectivity index (χ0v) is 28.6. The SMILES string of the molecule is Nc1cc2c(O)c(N=Nc3ccc(N=Nc4ccc5c6c(cccc46)C(=O)NC5=O)c4ccc(S(=O)(=O)O)cc34)c(S(=O)(=O)O)cc2cc1S(=O)(=O)O. The van der Waals surface area contributed by atoms with E-state index in [9.17, 15) is 53.6 Å². The van der Waals surface area contributed by atoms with Crippen molar-refractivity contribution in [2.45, 2.75) is 14.7 Å². The van der Waals surface area contributed by atoms with Gasteiger partial charge in [-0.2, -0.15) is 25.3 Å². The topological polar surface area (TPSA) is 305 Å². The molecule has 0 fully saturated rings. The molecule has 0 aromatic heterocycles. The van der Waals surface area contributed by atoms with Crippen molar-refractivity contribution < 1.29 is 53.6 Å². The van der Waals surface area contributed by atoms with E-state index in [0.29, 0.717) is 10.8 Å². The Kier molecular flexibility index (Phi) is 8.09. The van der Waals surface area contributed by atoms with E-state index in [4.69, 9.17) is 5.73 Å². The average Bonchev–Trinajstić information content (AvgIpc) is 3.08. The highest BCUT2D eigenvalue weighted by molar-refractivity contribution is 7.86. The van der Waals surface area contributed by atoms with E-state index in [1.54, 1.807) is 18.2 Å². The third-order valence-electron chi connectivity index (χ3n) is 8.23. The van der Waals surface area contributed by atoms with Crippen LogP contribution in [0, 0.1) is 0 Å². The number of hydrogen-bond acceptors (Lipinski definition) is 14. The number of nitrogens with zero attached hydrogens (tertiary/aromatic N) is 4. The van der Waals surface area contributed by atoms with Gasteiger partial charge >= 0.3 is 0 Å². The number of carbonyl (C=O) groups is 2. The first-order valence-electron chi connectivity index (χ1n) is 14.7. The first-order chi connectivity index (χ1) is 24.8. The Bertz CT molecular complexity index is 3050. The fourth-order valence-corrected chi connectivity index (χ4v) is 7.64. The second-order valence-corrected chi connectivity index (χ2v) is 15.7. The molecule has 1 heterocycles. The Labute approximate surface area is 297 Å². The van der Waals surface area contributed by atoms with Crippen molar-refractivity contribution in [3.8, 4) is 5.75 Å². The number of aromatic hydroxyl groups is 1. The van der Waals surface area contributed by atoms with Crippen LogP contribution < -0.4 is 11.1 Å². The molecule has 0 saturated carbocycles. The molecule has 18 nitrogen and oxygen atoms in total. The largest absolute Gasteiger partial charge is 0.505 e. The Balaban J connectivity index is 1.38. The number of rotatable bonds is 7. The van der Waals surface area contributed by atoms with Crippen LogP contribution in [0.1, 0.15) is 20.7 Å². The summed E-state index contributed by atoms with van der Waals surface area (Å²) in [7, 11) is -14.8. The third kappa shape index (κ3) is 6.22. The predicted octanol–water partition coefficient (Wildman–Crippen LogP) is 5.89. The molecule has 0 atom stereocenters. The molecule has 0 saturated heterocycles. The van der Waals surface area contributed by atoms with Crippen LogP contribution in [0.25, 0.3) is 32.3 Å². The number of amides is 2. The van der Waals surface area contributed by atoms with Crippen molar-refractivity contribution >= 4 is 103 Å².